The van der Waals surface area contributed by atoms with Crippen molar-refractivity contribution in [2.24, 2.45) is 0 Å². The molecule has 1 nitrogen and oxygen atoms in total. The number of nitrogens with one attached hydrogen (secondary N) is 1. The maximum Gasteiger partial charge on any atom is 0.0422 e. The Kier molecular flexibility index (Phi) is 3.74. The summed E-state index contributed by atoms with van der Waals surface area (Å²) < 4.78 is 0. The Hall–Kier alpha value is -1.76. The van der Waals surface area contributed by atoms with Crippen LogP contribution < -0.4 is 5.32 Å². The van der Waals surface area contributed by atoms with Crippen molar-refractivity contribution < 1.29 is 0 Å². The first-order chi connectivity index (χ1) is 6.79. The van der Waals surface area contributed by atoms with E-state index >= 15 is 0 Å². The van der Waals surface area contributed by atoms with Crippen LogP contribution in [-0.4, -0.2) is 6.54 Å². The fourth-order valence-electron chi connectivity index (χ4n) is 1.21. The van der Waals surface area contributed by atoms with E-state index in [1.165, 1.54) is 0 Å². The lowest BCUT2D eigenvalue weighted by atomic mass is 10.1. The molecule has 14 heavy (non-hydrogen) atoms. The number of benzene rings is 1. The maximum atomic E-state index is 3.93. The molecule has 0 aliphatic carbocycles. The zero-order chi connectivity index (χ0) is 10.4. The molecule has 0 aliphatic heterocycles. The number of hydrogen-bond donors (Lipinski definition) is 1. The Balaban J connectivity index is 2.96. The molecule has 1 aromatic rings. The third kappa shape index (κ3) is 2.36. The Labute approximate surface area is 85.5 Å². The van der Waals surface area contributed by atoms with Crippen LogP contribution in [0.4, 0.5) is 5.69 Å². The highest BCUT2D eigenvalue weighted by molar-refractivity contribution is 5.80. The van der Waals surface area contributed by atoms with Gasteiger partial charge in [0.15, 0.2) is 0 Å². The largest absolute Gasteiger partial charge is 0.381 e. The second-order valence-corrected chi connectivity index (χ2v) is 2.94. The number of anilines is 1. The Morgan fingerprint density at radius 2 is 2.00 bits per heavy atom. The first kappa shape index (κ1) is 10.3. The van der Waals surface area contributed by atoms with E-state index in [4.69, 9.17) is 0 Å². The second-order valence-electron chi connectivity index (χ2n) is 2.94. The lowest BCUT2D eigenvalue weighted by Gasteiger charge is -2.10. The van der Waals surface area contributed by atoms with Crippen LogP contribution >= 0.6 is 0 Å². The highest BCUT2D eigenvalue weighted by Gasteiger charge is 2.00. The van der Waals surface area contributed by atoms with Crippen molar-refractivity contribution in [1.82, 2.24) is 0 Å². The number of para-hydroxylation sites is 1. The van der Waals surface area contributed by atoms with Crippen LogP contribution in [-0.2, 0) is 0 Å². The monoisotopic (exact) mass is 185 g/mol. The minimum atomic E-state index is 0.751. The summed E-state index contributed by atoms with van der Waals surface area (Å²) in [7, 11) is 0. The molecule has 0 bridgehead atoms. The van der Waals surface area contributed by atoms with Gasteiger partial charge in [0.05, 0.1) is 0 Å². The molecule has 0 saturated heterocycles. The Bertz CT molecular complexity index is 350. The topological polar surface area (TPSA) is 12.0 Å². The van der Waals surface area contributed by atoms with E-state index in [9.17, 15) is 0 Å². The van der Waals surface area contributed by atoms with Crippen molar-refractivity contribution in [2.75, 3.05) is 11.9 Å². The average molecular weight is 185 g/mol. The fraction of sp³-hybridized carbons (Fsp3) is 0.0769. The molecule has 0 aliphatic rings. The van der Waals surface area contributed by atoms with Gasteiger partial charge in [0.1, 0.15) is 0 Å². The van der Waals surface area contributed by atoms with Crippen molar-refractivity contribution in [2.45, 2.75) is 0 Å². The zero-order valence-corrected chi connectivity index (χ0v) is 8.29. The Morgan fingerprint density at radius 1 is 1.29 bits per heavy atom. The molecule has 0 heterocycles. The van der Waals surface area contributed by atoms with Gasteiger partial charge in [-0.25, -0.2) is 0 Å². The van der Waals surface area contributed by atoms with E-state index < -0.39 is 0 Å². The lowest BCUT2D eigenvalue weighted by molar-refractivity contribution is 1.33. The van der Waals surface area contributed by atoms with E-state index in [2.05, 4.69) is 25.1 Å². The first-order valence-electron chi connectivity index (χ1n) is 4.55. The molecule has 1 heteroatoms. The molecule has 0 amide bonds. The molecule has 1 N–H and O–H groups in total. The van der Waals surface area contributed by atoms with Gasteiger partial charge in [0, 0.05) is 17.8 Å². The standard InChI is InChI=1S/C13H15N/c1-4-10-14-13-9-7-6-8-12(13)11(3)5-2/h4-9,14H,1-3,10H2. The molecule has 0 unspecified atom stereocenters. The van der Waals surface area contributed by atoms with Gasteiger partial charge in [-0.05, 0) is 11.6 Å². The van der Waals surface area contributed by atoms with Gasteiger partial charge in [0.2, 0.25) is 0 Å². The predicted octanol–water partition coefficient (Wildman–Crippen LogP) is 3.48. The molecular formula is C13H15N. The summed E-state index contributed by atoms with van der Waals surface area (Å²) in [5.74, 6) is 0. The molecule has 0 saturated carbocycles. The molecule has 0 spiro atoms. The van der Waals surface area contributed by atoms with Crippen LogP contribution in [0.3, 0.4) is 0 Å². The van der Waals surface area contributed by atoms with Crippen LogP contribution in [0.5, 0.6) is 0 Å². The highest BCUT2D eigenvalue weighted by atomic mass is 14.9. The molecule has 0 atom stereocenters. The van der Waals surface area contributed by atoms with Crippen molar-refractivity contribution in [3.8, 4) is 0 Å². The van der Waals surface area contributed by atoms with Crippen LogP contribution in [0.25, 0.3) is 5.57 Å². The van der Waals surface area contributed by atoms with Gasteiger partial charge in [-0.3, -0.25) is 0 Å². The summed E-state index contributed by atoms with van der Waals surface area (Å²) in [5.41, 5.74) is 3.08. The van der Waals surface area contributed by atoms with Gasteiger partial charge >= 0.3 is 0 Å². The smallest absolute Gasteiger partial charge is 0.0422 e. The van der Waals surface area contributed by atoms with Gasteiger partial charge in [-0.2, -0.15) is 0 Å². The summed E-state index contributed by atoms with van der Waals surface area (Å²) in [5, 5.41) is 3.25. The number of hydrogen-bond acceptors (Lipinski definition) is 1. The van der Waals surface area contributed by atoms with Crippen molar-refractivity contribution in [1.29, 1.82) is 0 Å². The van der Waals surface area contributed by atoms with E-state index in [0.717, 1.165) is 23.4 Å². The number of allylic oxidation sites excluding steroid dienone is 2. The predicted molar refractivity (Wildman–Crippen MR) is 64.4 cm³/mol. The summed E-state index contributed by atoms with van der Waals surface area (Å²) >= 11 is 0. The van der Waals surface area contributed by atoms with Crippen LogP contribution in [0.15, 0.2) is 56.2 Å². The molecule has 0 aromatic heterocycles. The van der Waals surface area contributed by atoms with E-state index in [1.807, 2.05) is 30.3 Å². The normalized spacial score (nSPS) is 9.14. The second kappa shape index (κ2) is 5.07. The zero-order valence-electron chi connectivity index (χ0n) is 8.29. The van der Waals surface area contributed by atoms with Crippen molar-refractivity contribution in [3.05, 3.63) is 61.7 Å². The summed E-state index contributed by atoms with van der Waals surface area (Å²) in [6, 6.07) is 8.03. The maximum absolute atomic E-state index is 3.93. The van der Waals surface area contributed by atoms with E-state index in [-0.39, 0.29) is 0 Å². The molecule has 0 fully saturated rings. The summed E-state index contributed by atoms with van der Waals surface area (Å²) in [6.45, 7) is 12.1. The van der Waals surface area contributed by atoms with Crippen LogP contribution in [0, 0.1) is 0 Å². The van der Waals surface area contributed by atoms with Gasteiger partial charge in [0.25, 0.3) is 0 Å². The summed E-state index contributed by atoms with van der Waals surface area (Å²) in [6.07, 6.45) is 3.59. The average Bonchev–Trinajstić information content (AvgIpc) is 2.25. The minimum Gasteiger partial charge on any atom is -0.381 e. The third-order valence-corrected chi connectivity index (χ3v) is 1.96. The molecule has 1 aromatic carbocycles. The van der Waals surface area contributed by atoms with Crippen LogP contribution in [0.2, 0.25) is 0 Å². The van der Waals surface area contributed by atoms with Crippen molar-refractivity contribution in [3.63, 3.8) is 0 Å². The molecule has 72 valence electrons. The fourth-order valence-corrected chi connectivity index (χ4v) is 1.21. The van der Waals surface area contributed by atoms with E-state index in [0.29, 0.717) is 0 Å². The van der Waals surface area contributed by atoms with Gasteiger partial charge in [-0.15, -0.1) is 6.58 Å². The van der Waals surface area contributed by atoms with Crippen molar-refractivity contribution >= 4 is 11.3 Å². The van der Waals surface area contributed by atoms with Gasteiger partial charge < -0.3 is 5.32 Å². The third-order valence-electron chi connectivity index (χ3n) is 1.96. The number of rotatable bonds is 5. The highest BCUT2D eigenvalue weighted by Crippen LogP contribution is 2.22. The van der Waals surface area contributed by atoms with Gasteiger partial charge in [-0.1, -0.05) is 43.5 Å². The first-order valence-corrected chi connectivity index (χ1v) is 4.55. The minimum absolute atomic E-state index is 0.751. The van der Waals surface area contributed by atoms with E-state index in [1.54, 1.807) is 6.08 Å². The Morgan fingerprint density at radius 3 is 2.64 bits per heavy atom. The van der Waals surface area contributed by atoms with Crippen LogP contribution in [0.1, 0.15) is 5.56 Å². The summed E-state index contributed by atoms with van der Waals surface area (Å²) in [4.78, 5) is 0. The molecule has 0 radical (unpaired) electrons. The molecular weight excluding hydrogens is 170 g/mol. The quantitative estimate of drug-likeness (QED) is 0.547. The lowest BCUT2D eigenvalue weighted by Crippen LogP contribution is -2.00. The SMILES string of the molecule is C=CCNc1ccccc1C(=C)C=C. The molecule has 1 rings (SSSR count).